The number of fused-ring (bicyclic) bond motifs is 5. The highest BCUT2D eigenvalue weighted by Gasteiger charge is 2.29. The van der Waals surface area contributed by atoms with Crippen molar-refractivity contribution in [1.29, 1.82) is 0 Å². The van der Waals surface area contributed by atoms with Gasteiger partial charge in [-0.1, -0.05) is 5.16 Å². The van der Waals surface area contributed by atoms with Crippen molar-refractivity contribution < 1.29 is 5.21 Å². The predicted octanol–water partition coefficient (Wildman–Crippen LogP) is 2.02. The standard InChI is InChI=1S/C14H14N4O/c19-17-12-2-1-7-18-14(12)11-4-3-9-8-15-6-5-10(9)13(11)16-18/h5-6,8,19H,1-4,7H2. The number of hydrogen-bond acceptors (Lipinski definition) is 4. The third kappa shape index (κ3) is 1.44. The fourth-order valence-corrected chi connectivity index (χ4v) is 3.17. The van der Waals surface area contributed by atoms with Gasteiger partial charge in [0.15, 0.2) is 0 Å². The molecule has 2 aliphatic rings. The van der Waals surface area contributed by atoms with Crippen molar-refractivity contribution in [2.24, 2.45) is 5.16 Å². The smallest absolute Gasteiger partial charge is 0.105 e. The number of oxime groups is 1. The van der Waals surface area contributed by atoms with E-state index >= 15 is 0 Å². The summed E-state index contributed by atoms with van der Waals surface area (Å²) >= 11 is 0. The lowest BCUT2D eigenvalue weighted by atomic mass is 9.88. The summed E-state index contributed by atoms with van der Waals surface area (Å²) in [4.78, 5) is 4.19. The summed E-state index contributed by atoms with van der Waals surface area (Å²) in [6.07, 6.45) is 7.48. The van der Waals surface area contributed by atoms with Crippen LogP contribution in [0.5, 0.6) is 0 Å². The van der Waals surface area contributed by atoms with Crippen LogP contribution in [0.15, 0.2) is 23.6 Å². The SMILES string of the molecule is ON=C1CCCn2nc3c(c21)CCc1cnccc1-3. The van der Waals surface area contributed by atoms with E-state index in [1.54, 1.807) is 0 Å². The van der Waals surface area contributed by atoms with Crippen LogP contribution in [0.3, 0.4) is 0 Å². The van der Waals surface area contributed by atoms with Crippen molar-refractivity contribution in [3.8, 4) is 11.3 Å². The lowest BCUT2D eigenvalue weighted by Gasteiger charge is -2.17. The third-order valence-electron chi connectivity index (χ3n) is 4.03. The molecule has 4 rings (SSSR count). The van der Waals surface area contributed by atoms with Crippen LogP contribution in [0.4, 0.5) is 0 Å². The lowest BCUT2D eigenvalue weighted by Crippen LogP contribution is -2.19. The Morgan fingerprint density at radius 2 is 2.21 bits per heavy atom. The molecule has 0 aromatic carbocycles. The molecule has 0 saturated heterocycles. The molecular weight excluding hydrogens is 240 g/mol. The van der Waals surface area contributed by atoms with Gasteiger partial charge in [0.05, 0.1) is 11.4 Å². The van der Waals surface area contributed by atoms with Crippen LogP contribution in [0.1, 0.15) is 29.7 Å². The Balaban J connectivity index is 1.98. The minimum absolute atomic E-state index is 0.775. The average Bonchev–Trinajstić information content (AvgIpc) is 2.86. The second-order valence-corrected chi connectivity index (χ2v) is 5.08. The van der Waals surface area contributed by atoms with E-state index in [-0.39, 0.29) is 0 Å². The van der Waals surface area contributed by atoms with Gasteiger partial charge >= 0.3 is 0 Å². The van der Waals surface area contributed by atoms with E-state index in [2.05, 4.69) is 10.1 Å². The zero-order valence-electron chi connectivity index (χ0n) is 10.5. The Morgan fingerprint density at radius 1 is 1.26 bits per heavy atom. The molecule has 0 radical (unpaired) electrons. The molecule has 1 N–H and O–H groups in total. The van der Waals surface area contributed by atoms with Crippen molar-refractivity contribution in [3.63, 3.8) is 0 Å². The molecule has 0 spiro atoms. The van der Waals surface area contributed by atoms with Gasteiger partial charge in [0.2, 0.25) is 0 Å². The van der Waals surface area contributed by atoms with Gasteiger partial charge in [-0.3, -0.25) is 9.67 Å². The Kier molecular flexibility index (Phi) is 2.21. The van der Waals surface area contributed by atoms with Crippen molar-refractivity contribution >= 4 is 5.71 Å². The number of hydrogen-bond donors (Lipinski definition) is 1. The molecule has 0 bridgehead atoms. The van der Waals surface area contributed by atoms with Gasteiger partial charge < -0.3 is 5.21 Å². The minimum Gasteiger partial charge on any atom is -0.411 e. The van der Waals surface area contributed by atoms with Gasteiger partial charge in [0.1, 0.15) is 5.71 Å². The van der Waals surface area contributed by atoms with E-state index in [0.717, 1.165) is 49.3 Å². The summed E-state index contributed by atoms with van der Waals surface area (Å²) in [5, 5.41) is 17.4. The average molecular weight is 254 g/mol. The second kappa shape index (κ2) is 3.91. The van der Waals surface area contributed by atoms with Gasteiger partial charge in [0.25, 0.3) is 0 Å². The molecule has 1 aliphatic carbocycles. The van der Waals surface area contributed by atoms with Crippen LogP contribution in [-0.2, 0) is 19.4 Å². The molecule has 2 aromatic rings. The van der Waals surface area contributed by atoms with E-state index in [9.17, 15) is 5.21 Å². The van der Waals surface area contributed by atoms with Gasteiger partial charge in [-0.25, -0.2) is 0 Å². The van der Waals surface area contributed by atoms with E-state index in [0.29, 0.717) is 0 Å². The molecule has 0 saturated carbocycles. The molecule has 96 valence electrons. The summed E-state index contributed by atoms with van der Waals surface area (Å²) in [6.45, 7) is 0.905. The third-order valence-corrected chi connectivity index (χ3v) is 4.03. The van der Waals surface area contributed by atoms with Crippen LogP contribution in [0, 0.1) is 0 Å². The quantitative estimate of drug-likeness (QED) is 0.578. The lowest BCUT2D eigenvalue weighted by molar-refractivity contribution is 0.316. The van der Waals surface area contributed by atoms with Gasteiger partial charge in [-0.2, -0.15) is 5.10 Å². The summed E-state index contributed by atoms with van der Waals surface area (Å²) in [5.41, 5.74) is 6.51. The van der Waals surface area contributed by atoms with Crippen molar-refractivity contribution in [2.75, 3.05) is 0 Å². The predicted molar refractivity (Wildman–Crippen MR) is 70.4 cm³/mol. The largest absolute Gasteiger partial charge is 0.411 e. The van der Waals surface area contributed by atoms with Crippen LogP contribution in [0.2, 0.25) is 0 Å². The van der Waals surface area contributed by atoms with Crippen molar-refractivity contribution in [3.05, 3.63) is 35.3 Å². The highest BCUT2D eigenvalue weighted by atomic mass is 16.4. The molecule has 19 heavy (non-hydrogen) atoms. The Bertz CT molecular complexity index is 687. The van der Waals surface area contributed by atoms with Gasteiger partial charge in [0, 0.05) is 30.1 Å². The summed E-state index contributed by atoms with van der Waals surface area (Å²) < 4.78 is 2.00. The molecule has 3 heterocycles. The van der Waals surface area contributed by atoms with E-state index < -0.39 is 0 Å². The fraction of sp³-hybridized carbons (Fsp3) is 0.357. The molecule has 0 amide bonds. The normalized spacial score (nSPS) is 18.8. The molecule has 2 aromatic heterocycles. The highest BCUT2D eigenvalue weighted by molar-refractivity contribution is 6.02. The number of nitrogens with zero attached hydrogens (tertiary/aromatic N) is 4. The second-order valence-electron chi connectivity index (χ2n) is 5.08. The molecule has 5 nitrogen and oxygen atoms in total. The zero-order chi connectivity index (χ0) is 12.8. The van der Waals surface area contributed by atoms with Crippen LogP contribution < -0.4 is 0 Å². The maximum Gasteiger partial charge on any atom is 0.105 e. The van der Waals surface area contributed by atoms with Crippen molar-refractivity contribution in [1.82, 2.24) is 14.8 Å². The first-order chi connectivity index (χ1) is 9.38. The summed E-state index contributed by atoms with van der Waals surface area (Å²) in [6, 6.07) is 2.03. The Morgan fingerprint density at radius 3 is 3.11 bits per heavy atom. The van der Waals surface area contributed by atoms with E-state index in [4.69, 9.17) is 5.10 Å². The molecule has 5 heteroatoms. The van der Waals surface area contributed by atoms with Crippen molar-refractivity contribution in [2.45, 2.75) is 32.2 Å². The van der Waals surface area contributed by atoms with E-state index in [1.807, 2.05) is 23.1 Å². The first kappa shape index (κ1) is 10.7. The molecule has 1 aliphatic heterocycles. The fourth-order valence-electron chi connectivity index (χ4n) is 3.17. The topological polar surface area (TPSA) is 63.3 Å². The number of pyridine rings is 1. The Hall–Kier alpha value is -2.17. The molecular formula is C14H14N4O. The molecule has 0 fully saturated rings. The first-order valence-electron chi connectivity index (χ1n) is 6.62. The summed E-state index contributed by atoms with van der Waals surface area (Å²) in [7, 11) is 0. The zero-order valence-corrected chi connectivity index (χ0v) is 10.5. The first-order valence-corrected chi connectivity index (χ1v) is 6.62. The highest BCUT2D eigenvalue weighted by Crippen LogP contribution is 2.35. The van der Waals surface area contributed by atoms with Gasteiger partial charge in [-0.15, -0.1) is 0 Å². The maximum absolute atomic E-state index is 9.19. The van der Waals surface area contributed by atoms with Gasteiger partial charge in [-0.05, 0) is 37.3 Å². The van der Waals surface area contributed by atoms with E-state index in [1.165, 1.54) is 16.7 Å². The number of aromatic nitrogens is 3. The number of rotatable bonds is 0. The van der Waals surface area contributed by atoms with Crippen LogP contribution >= 0.6 is 0 Å². The summed E-state index contributed by atoms with van der Waals surface area (Å²) in [5.74, 6) is 0. The molecule has 0 atom stereocenters. The molecule has 0 unspecified atom stereocenters. The maximum atomic E-state index is 9.19. The number of aryl methyl sites for hydroxylation is 2. The van der Waals surface area contributed by atoms with Crippen LogP contribution in [0.25, 0.3) is 11.3 Å². The Labute approximate surface area is 110 Å². The minimum atomic E-state index is 0.775. The van der Waals surface area contributed by atoms with Crippen LogP contribution in [-0.4, -0.2) is 25.7 Å². The monoisotopic (exact) mass is 254 g/mol.